The van der Waals surface area contributed by atoms with E-state index >= 15 is 0 Å². The van der Waals surface area contributed by atoms with Crippen molar-refractivity contribution >= 4 is 17.4 Å². The molecule has 1 unspecified atom stereocenters. The van der Waals surface area contributed by atoms with Crippen LogP contribution in [0.2, 0.25) is 0 Å². The number of carbonyl (C=O) groups is 1. The smallest absolute Gasteiger partial charge is 0.259 e. The average molecular weight is 376 g/mol. The van der Waals surface area contributed by atoms with E-state index in [0.29, 0.717) is 18.7 Å². The second kappa shape index (κ2) is 7.86. The molecule has 28 heavy (non-hydrogen) atoms. The van der Waals surface area contributed by atoms with Gasteiger partial charge in [-0.05, 0) is 56.4 Å². The number of para-hydroxylation sites is 1. The number of likely N-dealkylation sites (N-methyl/N-ethyl adjacent to an activating group) is 1. The van der Waals surface area contributed by atoms with Crippen LogP contribution in [-0.2, 0) is 6.42 Å². The first-order valence-electron chi connectivity index (χ1n) is 9.43. The molecule has 0 saturated heterocycles. The first-order valence-corrected chi connectivity index (χ1v) is 9.43. The predicted octanol–water partition coefficient (Wildman–Crippen LogP) is 3.59. The molecule has 144 valence electrons. The number of benzene rings is 1. The van der Waals surface area contributed by atoms with Crippen molar-refractivity contribution in [2.24, 2.45) is 0 Å². The molecule has 1 aliphatic rings. The van der Waals surface area contributed by atoms with Gasteiger partial charge in [-0.3, -0.25) is 9.69 Å². The quantitative estimate of drug-likeness (QED) is 0.712. The van der Waals surface area contributed by atoms with E-state index in [1.165, 1.54) is 5.56 Å². The molecule has 3 aromatic rings. The highest BCUT2D eigenvalue weighted by Crippen LogP contribution is 2.29. The fourth-order valence-corrected chi connectivity index (χ4v) is 3.55. The summed E-state index contributed by atoms with van der Waals surface area (Å²) < 4.78 is 5.53. The van der Waals surface area contributed by atoms with E-state index in [0.717, 1.165) is 23.7 Å². The molecule has 1 amide bonds. The van der Waals surface area contributed by atoms with Crippen molar-refractivity contribution < 1.29 is 9.21 Å². The minimum absolute atomic E-state index is 0.00856. The van der Waals surface area contributed by atoms with E-state index in [1.54, 1.807) is 12.5 Å². The van der Waals surface area contributed by atoms with Crippen LogP contribution in [-0.4, -0.2) is 43.0 Å². The average Bonchev–Trinajstić information content (AvgIpc) is 3.38. The zero-order valence-corrected chi connectivity index (χ0v) is 16.1. The van der Waals surface area contributed by atoms with E-state index < -0.39 is 0 Å². The minimum Gasteiger partial charge on any atom is -0.468 e. The molecule has 4 rings (SSSR count). The summed E-state index contributed by atoms with van der Waals surface area (Å²) in [7, 11) is 4.02. The number of pyridine rings is 1. The van der Waals surface area contributed by atoms with Gasteiger partial charge < -0.3 is 14.6 Å². The standard InChI is InChI=1S/C22H24N4O2/c1-25(2)19(20-8-5-13-28-20)15-24-21-10-9-17(14-23-21)22(27)26-12-11-16-6-3-4-7-18(16)26/h3-10,13-14,19H,11-12,15H2,1-2H3,(H,23,24). The lowest BCUT2D eigenvalue weighted by Gasteiger charge is -2.23. The molecule has 0 fully saturated rings. The van der Waals surface area contributed by atoms with E-state index in [1.807, 2.05) is 61.5 Å². The highest BCUT2D eigenvalue weighted by atomic mass is 16.3. The summed E-state index contributed by atoms with van der Waals surface area (Å²) in [5.74, 6) is 1.62. The highest BCUT2D eigenvalue weighted by Gasteiger charge is 2.25. The van der Waals surface area contributed by atoms with Gasteiger partial charge in [0, 0.05) is 25.0 Å². The molecule has 1 N–H and O–H groups in total. The largest absolute Gasteiger partial charge is 0.468 e. The molecule has 6 heteroatoms. The van der Waals surface area contributed by atoms with Gasteiger partial charge in [0.15, 0.2) is 0 Å². The number of aromatic nitrogens is 1. The van der Waals surface area contributed by atoms with Gasteiger partial charge in [-0.15, -0.1) is 0 Å². The third-order valence-electron chi connectivity index (χ3n) is 5.11. The first-order chi connectivity index (χ1) is 13.6. The van der Waals surface area contributed by atoms with Crippen LogP contribution < -0.4 is 10.2 Å². The Labute approximate surface area is 164 Å². The Balaban J connectivity index is 1.42. The number of rotatable bonds is 6. The third kappa shape index (κ3) is 3.64. The van der Waals surface area contributed by atoms with Gasteiger partial charge in [0.05, 0.1) is 17.9 Å². The molecule has 0 saturated carbocycles. The molecule has 1 atom stereocenters. The van der Waals surface area contributed by atoms with Crippen molar-refractivity contribution in [3.8, 4) is 0 Å². The molecule has 2 aromatic heterocycles. The molecule has 0 spiro atoms. The Morgan fingerprint density at radius 3 is 2.79 bits per heavy atom. The van der Waals surface area contributed by atoms with Crippen LogP contribution in [0.15, 0.2) is 65.4 Å². The number of fused-ring (bicyclic) bond motifs is 1. The number of hydrogen-bond acceptors (Lipinski definition) is 5. The number of nitrogens with one attached hydrogen (secondary N) is 1. The van der Waals surface area contributed by atoms with Crippen LogP contribution in [0.5, 0.6) is 0 Å². The second-order valence-electron chi connectivity index (χ2n) is 7.14. The lowest BCUT2D eigenvalue weighted by Crippen LogP contribution is -2.29. The van der Waals surface area contributed by atoms with Crippen molar-refractivity contribution in [2.75, 3.05) is 37.4 Å². The monoisotopic (exact) mass is 376 g/mol. The van der Waals surface area contributed by atoms with Crippen molar-refractivity contribution in [2.45, 2.75) is 12.5 Å². The molecule has 1 aliphatic heterocycles. The van der Waals surface area contributed by atoms with Gasteiger partial charge in [0.25, 0.3) is 5.91 Å². The number of furan rings is 1. The van der Waals surface area contributed by atoms with Crippen molar-refractivity contribution in [3.63, 3.8) is 0 Å². The zero-order chi connectivity index (χ0) is 19.5. The number of carbonyl (C=O) groups excluding carboxylic acids is 1. The minimum atomic E-state index is -0.00856. The molecule has 0 radical (unpaired) electrons. The van der Waals surface area contributed by atoms with Crippen LogP contribution in [0.1, 0.15) is 27.7 Å². The number of amides is 1. The SMILES string of the molecule is CN(C)C(CNc1ccc(C(=O)N2CCc3ccccc32)cn1)c1ccco1. The summed E-state index contributed by atoms with van der Waals surface area (Å²) in [5.41, 5.74) is 2.81. The van der Waals surface area contributed by atoms with Gasteiger partial charge in [0.1, 0.15) is 11.6 Å². The third-order valence-corrected chi connectivity index (χ3v) is 5.11. The van der Waals surface area contributed by atoms with Gasteiger partial charge in [-0.1, -0.05) is 18.2 Å². The summed E-state index contributed by atoms with van der Waals surface area (Å²) in [6, 6.07) is 15.7. The lowest BCUT2D eigenvalue weighted by atomic mass is 10.2. The maximum Gasteiger partial charge on any atom is 0.259 e. The molecular formula is C22H24N4O2. The van der Waals surface area contributed by atoms with Crippen molar-refractivity contribution in [1.82, 2.24) is 9.88 Å². The van der Waals surface area contributed by atoms with Gasteiger partial charge in [-0.2, -0.15) is 0 Å². The van der Waals surface area contributed by atoms with E-state index in [2.05, 4.69) is 21.3 Å². The van der Waals surface area contributed by atoms with Gasteiger partial charge in [0.2, 0.25) is 0 Å². The molecule has 0 aliphatic carbocycles. The Hall–Kier alpha value is -3.12. The predicted molar refractivity (Wildman–Crippen MR) is 110 cm³/mol. The fourth-order valence-electron chi connectivity index (χ4n) is 3.55. The molecular weight excluding hydrogens is 352 g/mol. The summed E-state index contributed by atoms with van der Waals surface area (Å²) >= 11 is 0. The van der Waals surface area contributed by atoms with Crippen LogP contribution in [0.4, 0.5) is 11.5 Å². The number of hydrogen-bond donors (Lipinski definition) is 1. The summed E-state index contributed by atoms with van der Waals surface area (Å²) in [5, 5.41) is 3.33. The Kier molecular flexibility index (Phi) is 5.12. The normalized spacial score (nSPS) is 14.2. The Morgan fingerprint density at radius 1 is 1.21 bits per heavy atom. The van der Waals surface area contributed by atoms with Gasteiger partial charge >= 0.3 is 0 Å². The van der Waals surface area contributed by atoms with E-state index in [9.17, 15) is 4.79 Å². The molecule has 0 bridgehead atoms. The lowest BCUT2D eigenvalue weighted by molar-refractivity contribution is 0.0989. The van der Waals surface area contributed by atoms with E-state index in [-0.39, 0.29) is 11.9 Å². The van der Waals surface area contributed by atoms with Crippen LogP contribution >= 0.6 is 0 Å². The molecule has 1 aromatic carbocycles. The fraction of sp³-hybridized carbons (Fsp3) is 0.273. The first kappa shape index (κ1) is 18.3. The van der Waals surface area contributed by atoms with E-state index in [4.69, 9.17) is 4.42 Å². The number of nitrogens with zero attached hydrogens (tertiary/aromatic N) is 3. The summed E-state index contributed by atoms with van der Waals surface area (Å²) in [6.07, 6.45) is 4.22. The second-order valence-corrected chi connectivity index (χ2v) is 7.14. The molecule has 6 nitrogen and oxygen atoms in total. The maximum absolute atomic E-state index is 12.9. The van der Waals surface area contributed by atoms with Crippen molar-refractivity contribution in [1.29, 1.82) is 0 Å². The maximum atomic E-state index is 12.9. The zero-order valence-electron chi connectivity index (χ0n) is 16.1. The highest BCUT2D eigenvalue weighted by molar-refractivity contribution is 6.07. The summed E-state index contributed by atoms with van der Waals surface area (Å²) in [6.45, 7) is 1.37. The van der Waals surface area contributed by atoms with Crippen molar-refractivity contribution in [3.05, 3.63) is 77.9 Å². The van der Waals surface area contributed by atoms with Crippen LogP contribution in [0.3, 0.4) is 0 Å². The Morgan fingerprint density at radius 2 is 2.07 bits per heavy atom. The van der Waals surface area contributed by atoms with Crippen LogP contribution in [0.25, 0.3) is 0 Å². The van der Waals surface area contributed by atoms with Gasteiger partial charge in [-0.25, -0.2) is 4.98 Å². The molecule has 3 heterocycles. The summed E-state index contributed by atoms with van der Waals surface area (Å²) in [4.78, 5) is 21.2. The van der Waals surface area contributed by atoms with Crippen LogP contribution in [0, 0.1) is 0 Å². The topological polar surface area (TPSA) is 61.6 Å². The Bertz CT molecular complexity index is 935. The number of anilines is 2.